The van der Waals surface area contributed by atoms with E-state index in [1.165, 1.54) is 32.2 Å². The number of methoxy groups -OCH3 is 1. The number of aromatic nitrogens is 5. The Morgan fingerprint density at radius 3 is 2.61 bits per heavy atom. The van der Waals surface area contributed by atoms with Crippen LogP contribution in [0.25, 0.3) is 11.4 Å². The van der Waals surface area contributed by atoms with Crippen LogP contribution in [0.5, 0.6) is 5.75 Å². The zero-order valence-corrected chi connectivity index (χ0v) is 21.5. The smallest absolute Gasteiger partial charge is 0.240 e. The molecular formula is C23H29FN6O5S. The Bertz CT molecular complexity index is 1320. The Labute approximate surface area is 209 Å². The lowest BCUT2D eigenvalue weighted by Gasteiger charge is -2.26. The van der Waals surface area contributed by atoms with E-state index in [0.717, 1.165) is 5.56 Å². The van der Waals surface area contributed by atoms with Crippen molar-refractivity contribution in [3.8, 4) is 17.1 Å². The lowest BCUT2D eigenvalue weighted by molar-refractivity contribution is 0.00152. The molecule has 0 unspecified atom stereocenters. The second kappa shape index (κ2) is 10.4. The fourth-order valence-electron chi connectivity index (χ4n) is 3.88. The second-order valence-electron chi connectivity index (χ2n) is 8.85. The third-order valence-electron chi connectivity index (χ3n) is 5.66. The summed E-state index contributed by atoms with van der Waals surface area (Å²) in [6.07, 6.45) is 1.99. The van der Waals surface area contributed by atoms with Crippen molar-refractivity contribution in [3.05, 3.63) is 47.8 Å². The van der Waals surface area contributed by atoms with Gasteiger partial charge in [-0.1, -0.05) is 0 Å². The predicted molar refractivity (Wildman–Crippen MR) is 130 cm³/mol. The molecule has 0 aliphatic carbocycles. The molecule has 1 aliphatic heterocycles. The topological polar surface area (TPSA) is 130 Å². The molecule has 0 saturated heterocycles. The van der Waals surface area contributed by atoms with Gasteiger partial charge in [0.2, 0.25) is 16.0 Å². The largest absolute Gasteiger partial charge is 0.491 e. The van der Waals surface area contributed by atoms with Crippen molar-refractivity contribution in [3.63, 3.8) is 0 Å². The first-order valence-electron chi connectivity index (χ1n) is 11.4. The lowest BCUT2D eigenvalue weighted by Crippen LogP contribution is -2.35. The quantitative estimate of drug-likeness (QED) is 0.452. The van der Waals surface area contributed by atoms with Crippen molar-refractivity contribution in [2.24, 2.45) is 0 Å². The van der Waals surface area contributed by atoms with Gasteiger partial charge in [-0.05, 0) is 51.5 Å². The van der Waals surface area contributed by atoms with Gasteiger partial charge in [0.1, 0.15) is 29.5 Å². The molecule has 36 heavy (non-hydrogen) atoms. The third-order valence-corrected chi connectivity index (χ3v) is 7.35. The van der Waals surface area contributed by atoms with E-state index < -0.39 is 33.2 Å². The molecule has 13 heteroatoms. The zero-order chi connectivity index (χ0) is 26.0. The molecule has 0 saturated carbocycles. The standard InChI is InChI=1S/C23H29FN6O5S/c1-13(2)35-20(21-25-9-14(3)10-26-21)15(4)36(31,32)29-23-28-27-22-18-8-16(24)6-7-19(18)34-12-17(11-33-5)30(22)23/h6-10,13,15,17,20H,11-12H2,1-5H3,(H,28,29)/t15-,17+,20+/m0/s1. The number of sulfonamides is 1. The van der Waals surface area contributed by atoms with E-state index in [2.05, 4.69) is 24.9 Å². The van der Waals surface area contributed by atoms with Gasteiger partial charge in [-0.15, -0.1) is 10.2 Å². The SMILES string of the molecule is COC[C@@H]1COc2ccc(F)cc2-c2nnc(NS(=O)(=O)[C@@H](C)[C@@H](OC(C)C)c3ncc(C)cn3)n21. The molecule has 0 radical (unpaired) electrons. The Balaban J connectivity index is 1.72. The highest BCUT2D eigenvalue weighted by Gasteiger charge is 2.37. The molecule has 2 aromatic heterocycles. The van der Waals surface area contributed by atoms with Crippen LogP contribution in [0.4, 0.5) is 10.3 Å². The van der Waals surface area contributed by atoms with Crippen LogP contribution in [0.15, 0.2) is 30.6 Å². The normalized spacial score (nSPS) is 17.0. The van der Waals surface area contributed by atoms with Gasteiger partial charge in [0.05, 0.1) is 24.3 Å². The fourth-order valence-corrected chi connectivity index (χ4v) is 4.97. The van der Waals surface area contributed by atoms with Crippen LogP contribution in [0.3, 0.4) is 0 Å². The number of anilines is 1. The highest BCUT2D eigenvalue weighted by molar-refractivity contribution is 7.93. The minimum Gasteiger partial charge on any atom is -0.491 e. The summed E-state index contributed by atoms with van der Waals surface area (Å²) >= 11 is 0. The zero-order valence-electron chi connectivity index (χ0n) is 20.7. The van der Waals surface area contributed by atoms with Crippen LogP contribution in [0.1, 0.15) is 44.3 Å². The Morgan fingerprint density at radius 2 is 1.94 bits per heavy atom. The molecule has 3 atom stereocenters. The number of halogens is 1. The summed E-state index contributed by atoms with van der Waals surface area (Å²) in [5.74, 6) is 0.384. The van der Waals surface area contributed by atoms with Crippen LogP contribution >= 0.6 is 0 Å². The summed E-state index contributed by atoms with van der Waals surface area (Å²) in [6, 6.07) is 3.57. The van der Waals surface area contributed by atoms with Gasteiger partial charge in [-0.25, -0.2) is 22.8 Å². The molecule has 4 rings (SSSR count). The van der Waals surface area contributed by atoms with Crippen LogP contribution in [-0.2, 0) is 19.5 Å². The molecule has 194 valence electrons. The van der Waals surface area contributed by atoms with E-state index in [9.17, 15) is 12.8 Å². The maximum Gasteiger partial charge on any atom is 0.240 e. The molecule has 3 heterocycles. The Morgan fingerprint density at radius 1 is 1.22 bits per heavy atom. The number of rotatable bonds is 9. The molecule has 0 bridgehead atoms. The second-order valence-corrected chi connectivity index (χ2v) is 10.9. The molecule has 1 aromatic carbocycles. The monoisotopic (exact) mass is 520 g/mol. The van der Waals surface area contributed by atoms with Gasteiger partial charge in [0, 0.05) is 19.5 Å². The first kappa shape index (κ1) is 25.9. The summed E-state index contributed by atoms with van der Waals surface area (Å²) in [4.78, 5) is 8.57. The molecule has 0 spiro atoms. The molecule has 1 N–H and O–H groups in total. The van der Waals surface area contributed by atoms with Crippen molar-refractivity contribution in [1.29, 1.82) is 0 Å². The highest BCUT2D eigenvalue weighted by atomic mass is 32.2. The number of nitrogens with zero attached hydrogens (tertiary/aromatic N) is 5. The summed E-state index contributed by atoms with van der Waals surface area (Å²) in [5.41, 5.74) is 1.19. The van der Waals surface area contributed by atoms with Crippen molar-refractivity contribution in [1.82, 2.24) is 24.7 Å². The maximum atomic E-state index is 14.1. The van der Waals surface area contributed by atoms with E-state index in [4.69, 9.17) is 14.2 Å². The Kier molecular flexibility index (Phi) is 7.52. The molecule has 1 aliphatic rings. The van der Waals surface area contributed by atoms with Gasteiger partial charge >= 0.3 is 0 Å². The number of fused-ring (bicyclic) bond motifs is 3. The van der Waals surface area contributed by atoms with E-state index in [0.29, 0.717) is 11.3 Å². The van der Waals surface area contributed by atoms with Crippen molar-refractivity contribution in [2.75, 3.05) is 25.0 Å². The number of ether oxygens (including phenoxy) is 3. The van der Waals surface area contributed by atoms with E-state index >= 15 is 0 Å². The van der Waals surface area contributed by atoms with Gasteiger partial charge in [0.25, 0.3) is 0 Å². The average molecular weight is 521 g/mol. The van der Waals surface area contributed by atoms with E-state index in [-0.39, 0.29) is 36.9 Å². The van der Waals surface area contributed by atoms with Crippen LogP contribution < -0.4 is 9.46 Å². The summed E-state index contributed by atoms with van der Waals surface area (Å²) in [5, 5.41) is 7.16. The summed E-state index contributed by atoms with van der Waals surface area (Å²) in [7, 11) is -2.57. The predicted octanol–water partition coefficient (Wildman–Crippen LogP) is 3.06. The number of benzene rings is 1. The third kappa shape index (κ3) is 5.32. The first-order chi connectivity index (χ1) is 17.1. The minimum absolute atomic E-state index is 0.0484. The molecule has 11 nitrogen and oxygen atoms in total. The van der Waals surface area contributed by atoms with Crippen LogP contribution in [0.2, 0.25) is 0 Å². The first-order valence-corrected chi connectivity index (χ1v) is 13.0. The van der Waals surface area contributed by atoms with E-state index in [1.807, 2.05) is 6.92 Å². The lowest BCUT2D eigenvalue weighted by atomic mass is 10.2. The minimum atomic E-state index is -4.09. The van der Waals surface area contributed by atoms with Crippen molar-refractivity contribution >= 4 is 16.0 Å². The Hall–Kier alpha value is -3.16. The highest BCUT2D eigenvalue weighted by Crippen LogP contribution is 2.37. The number of aryl methyl sites for hydroxylation is 1. The van der Waals surface area contributed by atoms with Crippen molar-refractivity contribution < 1.29 is 27.0 Å². The summed E-state index contributed by atoms with van der Waals surface area (Å²) < 4.78 is 62.3. The number of nitrogens with one attached hydrogen (secondary N) is 1. The number of hydrogen-bond acceptors (Lipinski definition) is 9. The molecule has 0 fully saturated rings. The van der Waals surface area contributed by atoms with E-state index in [1.54, 1.807) is 30.8 Å². The van der Waals surface area contributed by atoms with Crippen molar-refractivity contribution in [2.45, 2.75) is 51.2 Å². The summed E-state index contributed by atoms with van der Waals surface area (Å²) in [6.45, 7) is 7.28. The number of hydrogen-bond donors (Lipinski definition) is 1. The fraction of sp³-hybridized carbons (Fsp3) is 0.478. The van der Waals surface area contributed by atoms with Gasteiger partial charge in [-0.2, -0.15) is 0 Å². The maximum absolute atomic E-state index is 14.1. The van der Waals surface area contributed by atoms with Crippen LogP contribution in [-0.4, -0.2) is 64.8 Å². The molecule has 3 aromatic rings. The molecule has 0 amide bonds. The molecular weight excluding hydrogens is 491 g/mol. The van der Waals surface area contributed by atoms with Gasteiger partial charge < -0.3 is 14.2 Å². The van der Waals surface area contributed by atoms with Gasteiger partial charge in [-0.3, -0.25) is 9.29 Å². The average Bonchev–Trinajstić information content (AvgIpc) is 3.16. The van der Waals surface area contributed by atoms with Crippen LogP contribution in [0, 0.1) is 12.7 Å². The van der Waals surface area contributed by atoms with Gasteiger partial charge in [0.15, 0.2) is 11.6 Å².